The van der Waals surface area contributed by atoms with Crippen molar-refractivity contribution in [3.8, 4) is 6.07 Å². The van der Waals surface area contributed by atoms with Crippen molar-refractivity contribution in [3.05, 3.63) is 60.2 Å². The zero-order valence-electron chi connectivity index (χ0n) is 14.7. The number of nitrogens with one attached hydrogen (secondary N) is 1. The number of aromatic nitrogens is 3. The van der Waals surface area contributed by atoms with E-state index in [1.807, 2.05) is 24.3 Å². The summed E-state index contributed by atoms with van der Waals surface area (Å²) in [5, 5.41) is 9.48. The number of nitrogen functional groups attached to an aromatic ring is 1. The van der Waals surface area contributed by atoms with Gasteiger partial charge in [-0.3, -0.25) is 0 Å². The van der Waals surface area contributed by atoms with Gasteiger partial charge in [-0.1, -0.05) is 30.3 Å². The molecule has 0 unspecified atom stereocenters. The normalized spacial score (nSPS) is 11.7. The minimum absolute atomic E-state index is 0.0879. The SMILES string of the molecule is N#Cc1c(N)n(CCNS(=O)(=O)c2ccccc2)c2nc3ccccc3nc12. The Balaban J connectivity index is 1.68. The van der Waals surface area contributed by atoms with Crippen molar-refractivity contribution in [1.29, 1.82) is 5.26 Å². The maximum atomic E-state index is 12.4. The molecule has 0 fully saturated rings. The van der Waals surface area contributed by atoms with Gasteiger partial charge in [-0.15, -0.1) is 0 Å². The highest BCUT2D eigenvalue weighted by Crippen LogP contribution is 2.26. The second-order valence-corrected chi connectivity index (χ2v) is 7.89. The van der Waals surface area contributed by atoms with E-state index in [0.717, 1.165) is 0 Å². The zero-order chi connectivity index (χ0) is 19.7. The third-order valence-electron chi connectivity index (χ3n) is 4.38. The minimum Gasteiger partial charge on any atom is -0.384 e. The predicted molar refractivity (Wildman–Crippen MR) is 106 cm³/mol. The smallest absolute Gasteiger partial charge is 0.240 e. The Kier molecular flexibility index (Phi) is 4.43. The lowest BCUT2D eigenvalue weighted by molar-refractivity contribution is 0.575. The van der Waals surface area contributed by atoms with Gasteiger partial charge in [-0.25, -0.2) is 23.1 Å². The molecule has 4 rings (SSSR count). The predicted octanol–water partition coefficient (Wildman–Crippen LogP) is 2.02. The first-order chi connectivity index (χ1) is 13.5. The Morgan fingerprint density at radius 3 is 2.36 bits per heavy atom. The van der Waals surface area contributed by atoms with Gasteiger partial charge in [0.05, 0.1) is 15.9 Å². The van der Waals surface area contributed by atoms with Gasteiger partial charge in [0.15, 0.2) is 5.65 Å². The molecule has 0 aliphatic carbocycles. The van der Waals surface area contributed by atoms with E-state index < -0.39 is 10.0 Å². The number of hydrogen-bond acceptors (Lipinski definition) is 6. The second kappa shape index (κ2) is 6.92. The molecule has 0 aliphatic heterocycles. The average molecular weight is 392 g/mol. The molecular formula is C19H16N6O2S. The molecule has 0 amide bonds. The van der Waals surface area contributed by atoms with Crippen LogP contribution in [0.2, 0.25) is 0 Å². The molecule has 4 aromatic rings. The monoisotopic (exact) mass is 392 g/mol. The number of fused-ring (bicyclic) bond motifs is 2. The summed E-state index contributed by atoms with van der Waals surface area (Å²) in [4.78, 5) is 9.27. The summed E-state index contributed by atoms with van der Waals surface area (Å²) in [7, 11) is -3.64. The van der Waals surface area contributed by atoms with Crippen LogP contribution in [0, 0.1) is 11.3 Å². The number of nitrogens with zero attached hydrogens (tertiary/aromatic N) is 4. The number of anilines is 1. The van der Waals surface area contributed by atoms with Crippen LogP contribution in [-0.4, -0.2) is 29.5 Å². The summed E-state index contributed by atoms with van der Waals surface area (Å²) in [5.41, 5.74) is 8.56. The van der Waals surface area contributed by atoms with Crippen LogP contribution in [-0.2, 0) is 16.6 Å². The third-order valence-corrected chi connectivity index (χ3v) is 5.86. The Morgan fingerprint density at radius 1 is 1.04 bits per heavy atom. The number of rotatable bonds is 5. The lowest BCUT2D eigenvalue weighted by Crippen LogP contribution is -2.27. The van der Waals surface area contributed by atoms with Gasteiger partial charge in [0.2, 0.25) is 10.0 Å². The maximum absolute atomic E-state index is 12.4. The number of nitrogens with two attached hydrogens (primary N) is 1. The molecule has 3 N–H and O–H groups in total. The highest BCUT2D eigenvalue weighted by Gasteiger charge is 2.19. The van der Waals surface area contributed by atoms with Crippen molar-refractivity contribution < 1.29 is 8.42 Å². The molecule has 8 nitrogen and oxygen atoms in total. The van der Waals surface area contributed by atoms with E-state index in [9.17, 15) is 13.7 Å². The first-order valence-corrected chi connectivity index (χ1v) is 9.99. The number of hydrogen-bond donors (Lipinski definition) is 2. The Hall–Kier alpha value is -3.48. The van der Waals surface area contributed by atoms with Gasteiger partial charge in [-0.05, 0) is 24.3 Å². The number of benzene rings is 2. The van der Waals surface area contributed by atoms with Crippen LogP contribution < -0.4 is 10.5 Å². The number of para-hydroxylation sites is 2. The summed E-state index contributed by atoms with van der Waals surface area (Å²) >= 11 is 0. The fourth-order valence-corrected chi connectivity index (χ4v) is 4.07. The molecule has 0 atom stereocenters. The van der Waals surface area contributed by atoms with Crippen LogP contribution in [0.15, 0.2) is 59.5 Å². The van der Waals surface area contributed by atoms with Crippen LogP contribution >= 0.6 is 0 Å². The molecule has 0 saturated heterocycles. The van der Waals surface area contributed by atoms with E-state index in [1.165, 1.54) is 12.1 Å². The molecule has 0 aliphatic rings. The van der Waals surface area contributed by atoms with Crippen molar-refractivity contribution in [2.24, 2.45) is 0 Å². The van der Waals surface area contributed by atoms with Gasteiger partial charge >= 0.3 is 0 Å². The molecule has 2 heterocycles. The standard InChI is InChI=1S/C19H16N6O2S/c20-12-14-17-19(24-16-9-5-4-8-15(16)23-17)25(18(14)21)11-10-22-28(26,27)13-6-2-1-3-7-13/h1-9,22H,10-11,21H2. The van der Waals surface area contributed by atoms with E-state index in [4.69, 9.17) is 5.73 Å². The largest absolute Gasteiger partial charge is 0.384 e. The van der Waals surface area contributed by atoms with Crippen molar-refractivity contribution in [3.63, 3.8) is 0 Å². The molecule has 0 bridgehead atoms. The van der Waals surface area contributed by atoms with E-state index in [-0.39, 0.29) is 29.4 Å². The maximum Gasteiger partial charge on any atom is 0.240 e. The van der Waals surface area contributed by atoms with Crippen LogP contribution in [0.4, 0.5) is 5.82 Å². The molecule has 140 valence electrons. The van der Waals surface area contributed by atoms with Gasteiger partial charge in [-0.2, -0.15) is 5.26 Å². The average Bonchev–Trinajstić information content (AvgIpc) is 2.97. The second-order valence-electron chi connectivity index (χ2n) is 6.12. The van der Waals surface area contributed by atoms with Crippen LogP contribution in [0.25, 0.3) is 22.2 Å². The molecular weight excluding hydrogens is 376 g/mol. The Labute approximate surface area is 161 Å². The van der Waals surface area contributed by atoms with Crippen LogP contribution in [0.1, 0.15) is 5.56 Å². The zero-order valence-corrected chi connectivity index (χ0v) is 15.5. The van der Waals surface area contributed by atoms with Crippen LogP contribution in [0.5, 0.6) is 0 Å². The molecule has 28 heavy (non-hydrogen) atoms. The quantitative estimate of drug-likeness (QED) is 0.535. The molecule has 2 aromatic carbocycles. The molecule has 0 radical (unpaired) electrons. The van der Waals surface area contributed by atoms with Crippen molar-refractivity contribution in [2.75, 3.05) is 12.3 Å². The van der Waals surface area contributed by atoms with E-state index in [0.29, 0.717) is 22.2 Å². The first-order valence-electron chi connectivity index (χ1n) is 8.50. The summed E-state index contributed by atoms with van der Waals surface area (Å²) < 4.78 is 28.9. The molecule has 2 aromatic heterocycles. The molecule has 0 spiro atoms. The van der Waals surface area contributed by atoms with Gasteiger partial charge in [0, 0.05) is 13.1 Å². The fraction of sp³-hybridized carbons (Fsp3) is 0.105. The molecule has 9 heteroatoms. The van der Waals surface area contributed by atoms with E-state index in [2.05, 4.69) is 20.8 Å². The van der Waals surface area contributed by atoms with Gasteiger partial charge in [0.1, 0.15) is 23.0 Å². The van der Waals surface area contributed by atoms with Crippen LogP contribution in [0.3, 0.4) is 0 Å². The Bertz CT molecular complexity index is 1320. The lowest BCUT2D eigenvalue weighted by atomic mass is 10.2. The summed E-state index contributed by atoms with van der Waals surface area (Å²) in [5.74, 6) is 0.215. The van der Waals surface area contributed by atoms with E-state index in [1.54, 1.807) is 22.8 Å². The lowest BCUT2D eigenvalue weighted by Gasteiger charge is -2.09. The minimum atomic E-state index is -3.64. The first kappa shape index (κ1) is 17.9. The van der Waals surface area contributed by atoms with E-state index >= 15 is 0 Å². The summed E-state index contributed by atoms with van der Waals surface area (Å²) in [6.07, 6.45) is 0. The van der Waals surface area contributed by atoms with Crippen molar-refractivity contribution in [1.82, 2.24) is 19.3 Å². The fourth-order valence-electron chi connectivity index (χ4n) is 3.03. The van der Waals surface area contributed by atoms with Gasteiger partial charge in [0.25, 0.3) is 0 Å². The Morgan fingerprint density at radius 2 is 1.68 bits per heavy atom. The third kappa shape index (κ3) is 3.05. The molecule has 0 saturated carbocycles. The highest BCUT2D eigenvalue weighted by atomic mass is 32.2. The number of nitriles is 1. The van der Waals surface area contributed by atoms with Gasteiger partial charge < -0.3 is 10.3 Å². The summed E-state index contributed by atoms with van der Waals surface area (Å²) in [6.45, 7) is 0.299. The number of sulfonamides is 1. The van der Waals surface area contributed by atoms with Crippen molar-refractivity contribution in [2.45, 2.75) is 11.4 Å². The topological polar surface area (TPSA) is 127 Å². The summed E-state index contributed by atoms with van der Waals surface area (Å²) in [6, 6.07) is 17.5. The highest BCUT2D eigenvalue weighted by molar-refractivity contribution is 7.89. The van der Waals surface area contributed by atoms with Crippen molar-refractivity contribution >= 4 is 38.0 Å².